The molecule has 130 valence electrons. The molecular formula is C18H20IN5O. The summed E-state index contributed by atoms with van der Waals surface area (Å²) in [5.74, 6) is 1.83. The van der Waals surface area contributed by atoms with E-state index in [9.17, 15) is 0 Å². The zero-order chi connectivity index (χ0) is 17.4. The van der Waals surface area contributed by atoms with Crippen molar-refractivity contribution in [1.29, 1.82) is 0 Å². The molecule has 1 aromatic carbocycles. The predicted molar refractivity (Wildman–Crippen MR) is 105 cm³/mol. The smallest absolute Gasteiger partial charge is 0.238 e. The number of halogens is 1. The largest absolute Gasteiger partial charge is 0.472 e. The molecule has 1 saturated heterocycles. The van der Waals surface area contributed by atoms with Crippen LogP contribution in [-0.4, -0.2) is 41.3 Å². The van der Waals surface area contributed by atoms with Gasteiger partial charge in [0.1, 0.15) is 12.4 Å². The quantitative estimate of drug-likeness (QED) is 0.450. The van der Waals surface area contributed by atoms with Crippen molar-refractivity contribution < 1.29 is 4.74 Å². The lowest BCUT2D eigenvalue weighted by atomic mass is 10.0. The topological polar surface area (TPSA) is 56.1 Å². The molecule has 25 heavy (non-hydrogen) atoms. The molecule has 3 heterocycles. The Morgan fingerprint density at radius 1 is 1.24 bits per heavy atom. The zero-order valence-electron chi connectivity index (χ0n) is 14.2. The van der Waals surface area contributed by atoms with Crippen LogP contribution in [0, 0.1) is 5.92 Å². The molecule has 0 bridgehead atoms. The lowest BCUT2D eigenvalue weighted by Crippen LogP contribution is -2.24. The van der Waals surface area contributed by atoms with Crippen molar-refractivity contribution in [2.45, 2.75) is 32.4 Å². The van der Waals surface area contributed by atoms with E-state index in [0.717, 1.165) is 23.9 Å². The summed E-state index contributed by atoms with van der Waals surface area (Å²) in [7, 11) is 0. The molecule has 0 saturated carbocycles. The molecule has 0 N–H and O–H groups in total. The van der Waals surface area contributed by atoms with Crippen molar-refractivity contribution in [2.75, 3.05) is 6.54 Å². The number of rotatable bonds is 4. The average molecular weight is 449 g/mol. The zero-order valence-corrected chi connectivity index (χ0v) is 16.4. The monoisotopic (exact) mass is 449 g/mol. The van der Waals surface area contributed by atoms with E-state index < -0.39 is 0 Å². The molecule has 2 aromatic heterocycles. The van der Waals surface area contributed by atoms with Gasteiger partial charge in [0, 0.05) is 54.3 Å². The first-order valence-electron chi connectivity index (χ1n) is 8.46. The highest BCUT2D eigenvalue weighted by atomic mass is 127. The van der Waals surface area contributed by atoms with Gasteiger partial charge in [-0.25, -0.2) is 13.1 Å². The van der Waals surface area contributed by atoms with E-state index in [1.165, 1.54) is 0 Å². The number of benzene rings is 1. The molecular weight excluding hydrogens is 429 g/mol. The minimum atomic E-state index is 0.137. The third-order valence-electron chi connectivity index (χ3n) is 4.58. The summed E-state index contributed by atoms with van der Waals surface area (Å²) in [6.45, 7) is 5.42. The summed E-state index contributed by atoms with van der Waals surface area (Å²) in [6, 6.07) is 8.51. The Hall–Kier alpha value is -1.74. The summed E-state index contributed by atoms with van der Waals surface area (Å²) < 4.78 is 10.5. The third-order valence-corrected chi connectivity index (χ3v) is 5.69. The van der Waals surface area contributed by atoms with Gasteiger partial charge >= 0.3 is 0 Å². The summed E-state index contributed by atoms with van der Waals surface area (Å²) in [6.07, 6.45) is 6.41. The summed E-state index contributed by atoms with van der Waals surface area (Å²) >= 11 is 2.41. The van der Waals surface area contributed by atoms with E-state index in [2.05, 4.69) is 54.8 Å². The van der Waals surface area contributed by atoms with Crippen LogP contribution in [0.4, 0.5) is 0 Å². The lowest BCUT2D eigenvalue weighted by molar-refractivity contribution is 0.209. The van der Waals surface area contributed by atoms with Crippen LogP contribution in [0.15, 0.2) is 43.0 Å². The van der Waals surface area contributed by atoms with Gasteiger partial charge in [-0.2, -0.15) is 4.98 Å². The van der Waals surface area contributed by atoms with Gasteiger partial charge in [0.15, 0.2) is 0 Å². The maximum Gasteiger partial charge on any atom is 0.238 e. The van der Waals surface area contributed by atoms with Crippen molar-refractivity contribution in [3.05, 3.63) is 43.0 Å². The first kappa shape index (κ1) is 16.7. The second-order valence-corrected chi connectivity index (χ2v) is 7.92. The molecule has 1 aliphatic rings. The summed E-state index contributed by atoms with van der Waals surface area (Å²) in [5, 5.41) is 0.944. The van der Waals surface area contributed by atoms with Gasteiger partial charge in [-0.3, -0.25) is 4.57 Å². The van der Waals surface area contributed by atoms with Crippen LogP contribution in [0.3, 0.4) is 0 Å². The van der Waals surface area contributed by atoms with Crippen molar-refractivity contribution in [1.82, 2.24) is 22.6 Å². The van der Waals surface area contributed by atoms with Crippen LogP contribution in [-0.2, 0) is 0 Å². The van der Waals surface area contributed by atoms with Crippen molar-refractivity contribution in [3.8, 4) is 11.8 Å². The molecule has 0 amide bonds. The van der Waals surface area contributed by atoms with Crippen molar-refractivity contribution in [2.24, 2.45) is 5.92 Å². The molecule has 7 heteroatoms. The first-order chi connectivity index (χ1) is 12.1. The molecule has 4 rings (SSSR count). The van der Waals surface area contributed by atoms with Crippen LogP contribution in [0.5, 0.6) is 5.88 Å². The SMILES string of the molecule is CC(C)C1CC(Oc2nc(-n3ccnc3)nc3ccccc23)CN1I. The van der Waals surface area contributed by atoms with Gasteiger partial charge in [0.2, 0.25) is 11.8 Å². The van der Waals surface area contributed by atoms with Crippen LogP contribution >= 0.6 is 22.9 Å². The summed E-state index contributed by atoms with van der Waals surface area (Å²) in [4.78, 5) is 13.4. The summed E-state index contributed by atoms with van der Waals surface area (Å²) in [5.41, 5.74) is 0.876. The molecule has 0 aliphatic carbocycles. The number of nitrogens with zero attached hydrogens (tertiary/aromatic N) is 5. The molecule has 1 aliphatic heterocycles. The molecule has 0 radical (unpaired) electrons. The fourth-order valence-corrected chi connectivity index (χ4v) is 4.56. The number of hydrogen-bond donors (Lipinski definition) is 0. The predicted octanol–water partition coefficient (Wildman–Crippen LogP) is 3.64. The maximum absolute atomic E-state index is 6.35. The van der Waals surface area contributed by atoms with E-state index in [0.29, 0.717) is 23.8 Å². The van der Waals surface area contributed by atoms with E-state index in [1.807, 2.05) is 30.5 Å². The van der Waals surface area contributed by atoms with Gasteiger partial charge in [-0.15, -0.1) is 0 Å². The number of fused-ring (bicyclic) bond motifs is 1. The number of hydrogen-bond acceptors (Lipinski definition) is 5. The minimum absolute atomic E-state index is 0.137. The van der Waals surface area contributed by atoms with Crippen LogP contribution in [0.2, 0.25) is 0 Å². The van der Waals surface area contributed by atoms with E-state index >= 15 is 0 Å². The Kier molecular flexibility index (Phi) is 4.60. The highest BCUT2D eigenvalue weighted by Gasteiger charge is 2.34. The standard InChI is InChI=1S/C18H20IN5O/c1-12(2)16-9-13(10-24(16)19)25-17-14-5-3-4-6-15(14)21-18(22-17)23-8-7-20-11-23/h3-8,11-13,16H,9-10H2,1-2H3. The first-order valence-corrected chi connectivity index (χ1v) is 9.42. The Morgan fingerprint density at radius 3 is 2.80 bits per heavy atom. The van der Waals surface area contributed by atoms with Gasteiger partial charge in [0.25, 0.3) is 0 Å². The van der Waals surface area contributed by atoms with Crippen LogP contribution < -0.4 is 4.74 Å². The van der Waals surface area contributed by atoms with Crippen LogP contribution in [0.1, 0.15) is 20.3 Å². The highest BCUT2D eigenvalue weighted by Crippen LogP contribution is 2.31. The third kappa shape index (κ3) is 3.35. The number of para-hydroxylation sites is 1. The minimum Gasteiger partial charge on any atom is -0.472 e. The normalized spacial score (nSPS) is 21.3. The maximum atomic E-state index is 6.35. The van der Waals surface area contributed by atoms with Crippen LogP contribution in [0.25, 0.3) is 16.9 Å². The van der Waals surface area contributed by atoms with Crippen molar-refractivity contribution in [3.63, 3.8) is 0 Å². The molecule has 0 spiro atoms. The second-order valence-electron chi connectivity index (χ2n) is 6.69. The number of imidazole rings is 1. The van der Waals surface area contributed by atoms with Gasteiger partial charge in [-0.1, -0.05) is 26.0 Å². The van der Waals surface area contributed by atoms with Gasteiger partial charge in [0.05, 0.1) is 10.9 Å². The van der Waals surface area contributed by atoms with Gasteiger partial charge in [-0.05, 0) is 18.1 Å². The molecule has 3 aromatic rings. The van der Waals surface area contributed by atoms with Gasteiger partial charge < -0.3 is 4.74 Å². The molecule has 2 unspecified atom stereocenters. The van der Waals surface area contributed by atoms with E-state index in [-0.39, 0.29) is 6.10 Å². The molecule has 2 atom stereocenters. The van der Waals surface area contributed by atoms with Crippen molar-refractivity contribution >= 4 is 33.8 Å². The second kappa shape index (κ2) is 6.87. The number of aromatic nitrogens is 4. The molecule has 6 nitrogen and oxygen atoms in total. The van der Waals surface area contributed by atoms with E-state index in [4.69, 9.17) is 4.74 Å². The Labute approximate surface area is 160 Å². The lowest BCUT2D eigenvalue weighted by Gasteiger charge is -2.19. The Bertz CT molecular complexity index is 867. The Morgan fingerprint density at radius 2 is 2.08 bits per heavy atom. The Balaban J connectivity index is 1.69. The highest BCUT2D eigenvalue weighted by molar-refractivity contribution is 14.1. The number of ether oxygens (including phenoxy) is 1. The average Bonchev–Trinajstić information content (AvgIpc) is 3.24. The van der Waals surface area contributed by atoms with E-state index in [1.54, 1.807) is 17.1 Å². The fourth-order valence-electron chi connectivity index (χ4n) is 3.25. The fraction of sp³-hybridized carbons (Fsp3) is 0.389. The molecule has 1 fully saturated rings.